The molecular formula is C11H20N2O4. The average Bonchev–Trinajstić information content (AvgIpc) is 2.30. The van der Waals surface area contributed by atoms with Gasteiger partial charge in [0.2, 0.25) is 0 Å². The average molecular weight is 244 g/mol. The Bertz CT molecular complexity index is 264. The number of carboxylic acid groups (broad SMARTS) is 1. The van der Waals surface area contributed by atoms with Crippen LogP contribution in [0.1, 0.15) is 32.1 Å². The highest BCUT2D eigenvalue weighted by Gasteiger charge is 2.19. The molecule has 1 rings (SSSR count). The second-order valence-corrected chi connectivity index (χ2v) is 4.25. The lowest BCUT2D eigenvalue weighted by Gasteiger charge is -2.23. The topological polar surface area (TPSA) is 87.7 Å². The van der Waals surface area contributed by atoms with Gasteiger partial charge in [-0.2, -0.15) is 0 Å². The number of nitrogens with one attached hydrogen (secondary N) is 2. The molecule has 0 aromatic carbocycles. The summed E-state index contributed by atoms with van der Waals surface area (Å²) in [6, 6.07) is -0.102. The van der Waals surface area contributed by atoms with E-state index in [-0.39, 0.29) is 18.6 Å². The van der Waals surface area contributed by atoms with Crippen molar-refractivity contribution in [1.29, 1.82) is 0 Å². The molecule has 0 radical (unpaired) electrons. The van der Waals surface area contributed by atoms with Crippen LogP contribution in [0, 0.1) is 0 Å². The van der Waals surface area contributed by atoms with Crippen molar-refractivity contribution in [2.24, 2.45) is 0 Å². The van der Waals surface area contributed by atoms with E-state index in [2.05, 4.69) is 10.6 Å². The Morgan fingerprint density at radius 2 is 2.00 bits per heavy atom. The minimum atomic E-state index is -1.08. The molecule has 2 amide bonds. The van der Waals surface area contributed by atoms with E-state index in [1.54, 1.807) is 0 Å². The van der Waals surface area contributed by atoms with Crippen LogP contribution in [-0.4, -0.2) is 42.9 Å². The van der Waals surface area contributed by atoms with Crippen molar-refractivity contribution in [3.05, 3.63) is 0 Å². The van der Waals surface area contributed by atoms with E-state index < -0.39 is 12.1 Å². The maximum atomic E-state index is 11.5. The van der Waals surface area contributed by atoms with Crippen LogP contribution in [0.3, 0.4) is 0 Å². The lowest BCUT2D eigenvalue weighted by molar-refractivity contribution is -0.147. The summed E-state index contributed by atoms with van der Waals surface area (Å²) in [5.41, 5.74) is 0. The number of methoxy groups -OCH3 is 1. The number of ether oxygens (including phenoxy) is 1. The van der Waals surface area contributed by atoms with Crippen LogP contribution in [0.4, 0.5) is 4.79 Å². The zero-order chi connectivity index (χ0) is 12.7. The summed E-state index contributed by atoms with van der Waals surface area (Å²) in [5.74, 6) is -1.08. The molecule has 1 saturated carbocycles. The minimum absolute atomic E-state index is 0.0234. The zero-order valence-electron chi connectivity index (χ0n) is 10.1. The normalized spacial score (nSPS) is 18.4. The van der Waals surface area contributed by atoms with Gasteiger partial charge < -0.3 is 20.5 Å². The fraction of sp³-hybridized carbons (Fsp3) is 0.818. The number of carbonyl (C=O) groups is 2. The number of carbonyl (C=O) groups excluding carboxylic acids is 1. The lowest BCUT2D eigenvalue weighted by atomic mass is 9.96. The van der Waals surface area contributed by atoms with Gasteiger partial charge in [0, 0.05) is 13.2 Å². The van der Waals surface area contributed by atoms with E-state index in [4.69, 9.17) is 9.84 Å². The van der Waals surface area contributed by atoms with Crippen molar-refractivity contribution in [1.82, 2.24) is 10.6 Å². The van der Waals surface area contributed by atoms with Crippen molar-refractivity contribution in [2.45, 2.75) is 44.2 Å². The molecule has 1 fully saturated rings. The van der Waals surface area contributed by atoms with Crippen molar-refractivity contribution in [3.8, 4) is 0 Å². The van der Waals surface area contributed by atoms with E-state index in [0.717, 1.165) is 25.7 Å². The van der Waals surface area contributed by atoms with E-state index >= 15 is 0 Å². The third kappa shape index (κ3) is 5.04. The first-order valence-electron chi connectivity index (χ1n) is 5.93. The summed E-state index contributed by atoms with van der Waals surface area (Å²) in [7, 11) is 1.31. The van der Waals surface area contributed by atoms with E-state index in [9.17, 15) is 9.59 Å². The molecule has 1 unspecified atom stereocenters. The first kappa shape index (κ1) is 13.8. The number of carboxylic acids is 1. The molecule has 6 nitrogen and oxygen atoms in total. The summed E-state index contributed by atoms with van der Waals surface area (Å²) >= 11 is 0. The van der Waals surface area contributed by atoms with Crippen molar-refractivity contribution >= 4 is 12.0 Å². The molecule has 17 heavy (non-hydrogen) atoms. The number of aliphatic carboxylic acids is 1. The number of amides is 2. The minimum Gasteiger partial charge on any atom is -0.479 e. The van der Waals surface area contributed by atoms with Crippen molar-refractivity contribution in [2.75, 3.05) is 13.7 Å². The molecule has 98 valence electrons. The van der Waals surface area contributed by atoms with Gasteiger partial charge in [0.1, 0.15) is 0 Å². The maximum Gasteiger partial charge on any atom is 0.334 e. The van der Waals surface area contributed by atoms with Gasteiger partial charge in [-0.1, -0.05) is 19.3 Å². The molecule has 0 saturated heterocycles. The molecule has 0 aromatic heterocycles. The third-order valence-electron chi connectivity index (χ3n) is 2.95. The highest BCUT2D eigenvalue weighted by atomic mass is 16.5. The van der Waals surface area contributed by atoms with Gasteiger partial charge in [-0.3, -0.25) is 0 Å². The molecule has 0 bridgehead atoms. The monoisotopic (exact) mass is 244 g/mol. The fourth-order valence-electron chi connectivity index (χ4n) is 1.94. The molecule has 3 N–H and O–H groups in total. The molecule has 0 spiro atoms. The van der Waals surface area contributed by atoms with Crippen molar-refractivity contribution < 1.29 is 19.4 Å². The molecule has 1 atom stereocenters. The molecule has 6 heteroatoms. The number of hydrogen-bond donors (Lipinski definition) is 3. The largest absolute Gasteiger partial charge is 0.479 e. The number of hydrogen-bond acceptors (Lipinski definition) is 3. The van der Waals surface area contributed by atoms with E-state index in [0.29, 0.717) is 0 Å². The van der Waals surface area contributed by atoms with Gasteiger partial charge in [0.25, 0.3) is 0 Å². The van der Waals surface area contributed by atoms with E-state index in [1.807, 2.05) is 0 Å². The Morgan fingerprint density at radius 1 is 1.35 bits per heavy atom. The molecule has 0 aromatic rings. The fourth-order valence-corrected chi connectivity index (χ4v) is 1.94. The van der Waals surface area contributed by atoms with Crippen molar-refractivity contribution in [3.63, 3.8) is 0 Å². The van der Waals surface area contributed by atoms with Gasteiger partial charge in [-0.05, 0) is 12.8 Å². The van der Waals surface area contributed by atoms with Crippen LogP contribution < -0.4 is 10.6 Å². The SMILES string of the molecule is COC(CNC(=O)NC1CCCCC1)C(=O)O. The molecule has 0 heterocycles. The summed E-state index contributed by atoms with van der Waals surface area (Å²) in [4.78, 5) is 22.1. The Kier molecular flexibility index (Phi) is 5.76. The Balaban J connectivity index is 2.21. The summed E-state index contributed by atoms with van der Waals surface area (Å²) in [6.07, 6.45) is 4.51. The van der Waals surface area contributed by atoms with Crippen LogP contribution in [0.25, 0.3) is 0 Å². The standard InChI is InChI=1S/C11H20N2O4/c1-17-9(10(14)15)7-12-11(16)13-8-5-3-2-4-6-8/h8-9H,2-7H2,1H3,(H,14,15)(H2,12,13,16). The first-order chi connectivity index (χ1) is 8.13. The summed E-state index contributed by atoms with van der Waals surface area (Å²) in [5, 5.41) is 14.1. The number of urea groups is 1. The smallest absolute Gasteiger partial charge is 0.334 e. The van der Waals surface area contributed by atoms with Gasteiger partial charge >= 0.3 is 12.0 Å². The molecular weight excluding hydrogens is 224 g/mol. The highest BCUT2D eigenvalue weighted by molar-refractivity contribution is 5.77. The molecule has 1 aliphatic carbocycles. The van der Waals surface area contributed by atoms with Gasteiger partial charge in [0.05, 0.1) is 6.54 Å². The van der Waals surface area contributed by atoms with Crippen LogP contribution in [0.15, 0.2) is 0 Å². The van der Waals surface area contributed by atoms with Crippen LogP contribution in [-0.2, 0) is 9.53 Å². The Hall–Kier alpha value is -1.30. The van der Waals surface area contributed by atoms with Crippen LogP contribution in [0.5, 0.6) is 0 Å². The van der Waals surface area contributed by atoms with Gasteiger partial charge in [0.15, 0.2) is 6.10 Å². The molecule has 0 aliphatic heterocycles. The Labute approximate surface area is 101 Å². The molecule has 1 aliphatic rings. The second-order valence-electron chi connectivity index (χ2n) is 4.25. The van der Waals surface area contributed by atoms with Gasteiger partial charge in [-0.15, -0.1) is 0 Å². The maximum absolute atomic E-state index is 11.5. The van der Waals surface area contributed by atoms with Gasteiger partial charge in [-0.25, -0.2) is 9.59 Å². The highest BCUT2D eigenvalue weighted by Crippen LogP contribution is 2.17. The van der Waals surface area contributed by atoms with Crippen LogP contribution in [0.2, 0.25) is 0 Å². The zero-order valence-corrected chi connectivity index (χ0v) is 10.1. The summed E-state index contributed by atoms with van der Waals surface area (Å²) < 4.78 is 4.71. The van der Waals surface area contributed by atoms with Crippen LogP contribution >= 0.6 is 0 Å². The summed E-state index contributed by atoms with van der Waals surface area (Å²) in [6.45, 7) is -0.0234. The lowest BCUT2D eigenvalue weighted by Crippen LogP contribution is -2.46. The van der Waals surface area contributed by atoms with E-state index in [1.165, 1.54) is 13.5 Å². The number of rotatable bonds is 5. The first-order valence-corrected chi connectivity index (χ1v) is 5.93. The third-order valence-corrected chi connectivity index (χ3v) is 2.95. The predicted molar refractivity (Wildman–Crippen MR) is 61.8 cm³/mol. The quantitative estimate of drug-likeness (QED) is 0.665. The second kappa shape index (κ2) is 7.11. The predicted octanol–water partition coefficient (Wildman–Crippen LogP) is 0.718. The Morgan fingerprint density at radius 3 is 2.53 bits per heavy atom.